The van der Waals surface area contributed by atoms with E-state index in [1.54, 1.807) is 0 Å². The average molecular weight is 321 g/mol. The van der Waals surface area contributed by atoms with Gasteiger partial charge in [-0.15, -0.1) is 0 Å². The van der Waals surface area contributed by atoms with Crippen LogP contribution < -0.4 is 0 Å². The molecular weight excluding hydrogens is 306 g/mol. The van der Waals surface area contributed by atoms with Gasteiger partial charge < -0.3 is 0 Å². The van der Waals surface area contributed by atoms with Gasteiger partial charge in [-0.3, -0.25) is 9.98 Å². The smallest absolute Gasteiger partial charge is 0.156 e. The van der Waals surface area contributed by atoms with Gasteiger partial charge in [-0.25, -0.2) is 4.98 Å². The topological polar surface area (TPSA) is 41.7 Å². The van der Waals surface area contributed by atoms with E-state index in [-0.39, 0.29) is 0 Å². The van der Waals surface area contributed by atoms with Crippen molar-refractivity contribution in [2.75, 3.05) is 0 Å². The number of nitrogens with one attached hydrogen (secondary N) is 1. The number of rotatable bonds is 1. The molecule has 0 fully saturated rings. The lowest BCUT2D eigenvalue weighted by Crippen LogP contribution is -2.13. The Morgan fingerprint density at radius 3 is 2.00 bits per heavy atom. The molecule has 1 N–H and O–H groups in total. The third-order valence-corrected chi connectivity index (χ3v) is 4.64. The highest BCUT2D eigenvalue weighted by atomic mass is 15.0. The zero-order valence-electron chi connectivity index (χ0n) is 13.5. The van der Waals surface area contributed by atoms with Gasteiger partial charge in [-0.2, -0.15) is 0 Å². The fourth-order valence-corrected chi connectivity index (χ4v) is 3.48. The Balaban J connectivity index is 1.79. The number of nitrogens with zero attached hydrogens (tertiary/aromatic N) is 2. The van der Waals surface area contributed by atoms with E-state index < -0.39 is 0 Å². The van der Waals surface area contributed by atoms with Gasteiger partial charge in [-0.1, -0.05) is 60.7 Å². The second-order valence-electron chi connectivity index (χ2n) is 6.11. The Bertz CT molecular complexity index is 1210. The quantitative estimate of drug-likeness (QED) is 0.334. The summed E-state index contributed by atoms with van der Waals surface area (Å²) in [5.74, 6) is 0.392. The number of fused-ring (bicyclic) bond motifs is 4. The van der Waals surface area contributed by atoms with Gasteiger partial charge in [0.2, 0.25) is 0 Å². The molecule has 3 aromatic carbocycles. The van der Waals surface area contributed by atoms with E-state index in [0.29, 0.717) is 11.5 Å². The summed E-state index contributed by atoms with van der Waals surface area (Å²) >= 11 is 0. The van der Waals surface area contributed by atoms with Gasteiger partial charge in [0, 0.05) is 16.2 Å². The Kier molecular flexibility index (Phi) is 2.94. The van der Waals surface area contributed by atoms with E-state index in [2.05, 4.69) is 24.3 Å². The molecule has 0 amide bonds. The van der Waals surface area contributed by atoms with Gasteiger partial charge in [0.15, 0.2) is 5.84 Å². The molecule has 3 nitrogen and oxygen atoms in total. The minimum Gasteiger partial charge on any atom is -0.292 e. The number of pyridine rings is 1. The van der Waals surface area contributed by atoms with Crippen molar-refractivity contribution in [1.29, 1.82) is 5.41 Å². The van der Waals surface area contributed by atoms with Crippen LogP contribution in [0.2, 0.25) is 0 Å². The van der Waals surface area contributed by atoms with Gasteiger partial charge in [0.05, 0.1) is 16.6 Å². The summed E-state index contributed by atoms with van der Waals surface area (Å²) in [6.45, 7) is 0. The molecule has 0 aliphatic heterocycles. The molecule has 5 rings (SSSR count). The summed E-state index contributed by atoms with van der Waals surface area (Å²) in [5.41, 5.74) is 3.64. The van der Waals surface area contributed by atoms with Crippen molar-refractivity contribution in [2.45, 2.75) is 0 Å². The monoisotopic (exact) mass is 321 g/mol. The SMILES string of the molecule is N=C(c1ccc2ccccc2n1)n1c2ccccc2c2ccccc21. The van der Waals surface area contributed by atoms with E-state index in [1.807, 2.05) is 65.2 Å². The summed E-state index contributed by atoms with van der Waals surface area (Å²) in [7, 11) is 0. The van der Waals surface area contributed by atoms with Crippen LogP contribution in [0, 0.1) is 5.41 Å². The molecule has 0 aliphatic rings. The first kappa shape index (κ1) is 13.9. The minimum absolute atomic E-state index is 0.392. The highest BCUT2D eigenvalue weighted by Crippen LogP contribution is 2.29. The Morgan fingerprint density at radius 2 is 1.28 bits per heavy atom. The van der Waals surface area contributed by atoms with Crippen molar-refractivity contribution in [3.63, 3.8) is 0 Å². The number of aromatic nitrogens is 2. The summed E-state index contributed by atoms with van der Waals surface area (Å²) in [5, 5.41) is 12.2. The highest BCUT2D eigenvalue weighted by Gasteiger charge is 2.15. The van der Waals surface area contributed by atoms with Crippen molar-refractivity contribution in [2.24, 2.45) is 0 Å². The molecule has 0 aliphatic carbocycles. The van der Waals surface area contributed by atoms with Crippen LogP contribution in [0.1, 0.15) is 5.69 Å². The predicted molar refractivity (Wildman–Crippen MR) is 103 cm³/mol. The summed E-state index contributed by atoms with van der Waals surface area (Å²) in [4.78, 5) is 4.70. The first-order chi connectivity index (χ1) is 12.3. The number of hydrogen-bond donors (Lipinski definition) is 1. The Morgan fingerprint density at radius 1 is 0.680 bits per heavy atom. The lowest BCUT2D eigenvalue weighted by Gasteiger charge is -2.09. The lowest BCUT2D eigenvalue weighted by atomic mass is 10.2. The maximum Gasteiger partial charge on any atom is 0.156 e. The van der Waals surface area contributed by atoms with Crippen molar-refractivity contribution in [3.8, 4) is 0 Å². The number of para-hydroxylation sites is 3. The standard InChI is InChI=1S/C22H15N3/c23-22(19-14-13-15-7-1-4-10-18(15)24-19)25-20-11-5-2-8-16(20)17-9-3-6-12-21(17)25/h1-14,23H. The molecule has 0 atom stereocenters. The second kappa shape index (κ2) is 5.28. The van der Waals surface area contributed by atoms with Crippen LogP contribution in [0.4, 0.5) is 0 Å². The van der Waals surface area contributed by atoms with Gasteiger partial charge in [0.1, 0.15) is 5.69 Å². The highest BCUT2D eigenvalue weighted by molar-refractivity contribution is 6.16. The van der Waals surface area contributed by atoms with Crippen LogP contribution in [0.5, 0.6) is 0 Å². The molecule has 0 spiro atoms. The largest absolute Gasteiger partial charge is 0.292 e. The van der Waals surface area contributed by atoms with Crippen molar-refractivity contribution < 1.29 is 0 Å². The molecule has 0 saturated carbocycles. The van der Waals surface area contributed by atoms with E-state index in [0.717, 1.165) is 32.7 Å². The van der Waals surface area contributed by atoms with Crippen LogP contribution >= 0.6 is 0 Å². The first-order valence-electron chi connectivity index (χ1n) is 8.26. The molecule has 0 saturated heterocycles. The molecular formula is C22H15N3. The van der Waals surface area contributed by atoms with Gasteiger partial charge in [0.25, 0.3) is 0 Å². The number of benzene rings is 3. The minimum atomic E-state index is 0.392. The van der Waals surface area contributed by atoms with Crippen LogP contribution in [0.25, 0.3) is 32.7 Å². The molecule has 0 radical (unpaired) electrons. The maximum atomic E-state index is 8.83. The van der Waals surface area contributed by atoms with E-state index in [4.69, 9.17) is 10.4 Å². The summed E-state index contributed by atoms with van der Waals surface area (Å²) in [6.07, 6.45) is 0. The van der Waals surface area contributed by atoms with Crippen molar-refractivity contribution in [3.05, 3.63) is 90.6 Å². The van der Waals surface area contributed by atoms with Crippen LogP contribution in [-0.2, 0) is 0 Å². The lowest BCUT2D eigenvalue weighted by molar-refractivity contribution is 1.19. The second-order valence-corrected chi connectivity index (χ2v) is 6.11. The molecule has 2 aromatic heterocycles. The normalized spacial score (nSPS) is 11.4. The van der Waals surface area contributed by atoms with Crippen LogP contribution in [0.15, 0.2) is 84.9 Å². The molecule has 3 heteroatoms. The Hall–Kier alpha value is -3.46. The number of hydrogen-bond acceptors (Lipinski definition) is 2. The fraction of sp³-hybridized carbons (Fsp3) is 0. The first-order valence-corrected chi connectivity index (χ1v) is 8.26. The summed E-state index contributed by atoms with van der Waals surface area (Å²) in [6, 6.07) is 28.4. The molecule has 118 valence electrons. The van der Waals surface area contributed by atoms with E-state index >= 15 is 0 Å². The zero-order chi connectivity index (χ0) is 16.8. The Labute approximate surface area is 144 Å². The molecule has 25 heavy (non-hydrogen) atoms. The average Bonchev–Trinajstić information content (AvgIpc) is 3.01. The third kappa shape index (κ3) is 2.06. The molecule has 0 bridgehead atoms. The molecule has 2 heterocycles. The fourth-order valence-electron chi connectivity index (χ4n) is 3.48. The van der Waals surface area contributed by atoms with Crippen molar-refractivity contribution in [1.82, 2.24) is 9.55 Å². The van der Waals surface area contributed by atoms with Crippen LogP contribution in [0.3, 0.4) is 0 Å². The third-order valence-electron chi connectivity index (χ3n) is 4.64. The zero-order valence-corrected chi connectivity index (χ0v) is 13.5. The summed E-state index contributed by atoms with van der Waals surface area (Å²) < 4.78 is 1.99. The predicted octanol–water partition coefficient (Wildman–Crippen LogP) is 5.22. The molecule has 5 aromatic rings. The van der Waals surface area contributed by atoms with Crippen LogP contribution in [-0.4, -0.2) is 15.4 Å². The van der Waals surface area contributed by atoms with E-state index in [1.165, 1.54) is 0 Å². The van der Waals surface area contributed by atoms with E-state index in [9.17, 15) is 0 Å². The molecule has 0 unspecified atom stereocenters. The maximum absolute atomic E-state index is 8.83. The van der Waals surface area contributed by atoms with Gasteiger partial charge >= 0.3 is 0 Å². The van der Waals surface area contributed by atoms with Crippen molar-refractivity contribution >= 4 is 38.5 Å². The van der Waals surface area contributed by atoms with Gasteiger partial charge in [-0.05, 0) is 24.3 Å².